The number of fused-ring (bicyclic) bond motifs is 1. The lowest BCUT2D eigenvalue weighted by Gasteiger charge is -2.06. The van der Waals surface area contributed by atoms with Crippen molar-refractivity contribution < 1.29 is 4.79 Å². The van der Waals surface area contributed by atoms with Crippen molar-refractivity contribution in [3.05, 3.63) is 69.4 Å². The molecule has 106 valence electrons. The number of para-hydroxylation sites is 1. The summed E-state index contributed by atoms with van der Waals surface area (Å²) >= 11 is 2.18. The third kappa shape index (κ3) is 3.10. The maximum atomic E-state index is 12.1. The van der Waals surface area contributed by atoms with Crippen molar-refractivity contribution in [3.8, 4) is 0 Å². The van der Waals surface area contributed by atoms with E-state index in [1.165, 1.54) is 10.9 Å². The fourth-order valence-corrected chi connectivity index (χ4v) is 3.02. The number of H-pyrrole nitrogens is 1. The van der Waals surface area contributed by atoms with Crippen LogP contribution in [0, 0.1) is 3.57 Å². The SMILES string of the molecule is O=C(NCCc1c[nH]c2ccccc12)c1ccccc1I. The number of amides is 1. The van der Waals surface area contributed by atoms with E-state index in [-0.39, 0.29) is 5.91 Å². The van der Waals surface area contributed by atoms with Gasteiger partial charge in [0.2, 0.25) is 0 Å². The van der Waals surface area contributed by atoms with Crippen LogP contribution in [0.2, 0.25) is 0 Å². The quantitative estimate of drug-likeness (QED) is 0.655. The van der Waals surface area contributed by atoms with Crippen molar-refractivity contribution in [2.45, 2.75) is 6.42 Å². The van der Waals surface area contributed by atoms with E-state index in [0.717, 1.165) is 21.1 Å². The van der Waals surface area contributed by atoms with E-state index >= 15 is 0 Å². The van der Waals surface area contributed by atoms with Crippen molar-refractivity contribution in [2.24, 2.45) is 0 Å². The number of nitrogens with one attached hydrogen (secondary N) is 2. The number of rotatable bonds is 4. The minimum Gasteiger partial charge on any atom is -0.361 e. The zero-order valence-corrected chi connectivity index (χ0v) is 13.6. The van der Waals surface area contributed by atoms with Crippen molar-refractivity contribution in [1.29, 1.82) is 0 Å². The van der Waals surface area contributed by atoms with Gasteiger partial charge < -0.3 is 10.3 Å². The first kappa shape index (κ1) is 14.1. The summed E-state index contributed by atoms with van der Waals surface area (Å²) in [5.74, 6) is -0.0140. The number of carbonyl (C=O) groups excluding carboxylic acids is 1. The van der Waals surface area contributed by atoms with Crippen LogP contribution >= 0.6 is 22.6 Å². The van der Waals surface area contributed by atoms with Gasteiger partial charge in [0.15, 0.2) is 0 Å². The first-order valence-corrected chi connectivity index (χ1v) is 7.91. The standard InChI is InChI=1S/C17H15IN2O/c18-15-7-3-1-6-14(15)17(21)19-10-9-12-11-20-16-8-4-2-5-13(12)16/h1-8,11,20H,9-10H2,(H,19,21). The minimum atomic E-state index is -0.0140. The smallest absolute Gasteiger partial charge is 0.252 e. The molecule has 0 saturated carbocycles. The highest BCUT2D eigenvalue weighted by molar-refractivity contribution is 14.1. The normalized spacial score (nSPS) is 10.7. The topological polar surface area (TPSA) is 44.9 Å². The van der Waals surface area contributed by atoms with Gasteiger partial charge in [0.1, 0.15) is 0 Å². The Morgan fingerprint density at radius 3 is 2.71 bits per heavy atom. The zero-order chi connectivity index (χ0) is 14.7. The first-order valence-electron chi connectivity index (χ1n) is 6.83. The zero-order valence-electron chi connectivity index (χ0n) is 11.4. The van der Waals surface area contributed by atoms with Gasteiger partial charge in [0.25, 0.3) is 5.91 Å². The van der Waals surface area contributed by atoms with Gasteiger partial charge in [-0.1, -0.05) is 30.3 Å². The lowest BCUT2D eigenvalue weighted by atomic mass is 10.1. The van der Waals surface area contributed by atoms with Crippen molar-refractivity contribution in [1.82, 2.24) is 10.3 Å². The van der Waals surface area contributed by atoms with Crippen molar-refractivity contribution in [2.75, 3.05) is 6.54 Å². The Morgan fingerprint density at radius 1 is 1.10 bits per heavy atom. The molecule has 0 saturated heterocycles. The summed E-state index contributed by atoms with van der Waals surface area (Å²) in [7, 11) is 0. The maximum Gasteiger partial charge on any atom is 0.252 e. The number of aromatic amines is 1. The summed E-state index contributed by atoms with van der Waals surface area (Å²) in [6.45, 7) is 0.631. The molecular weight excluding hydrogens is 375 g/mol. The van der Waals surface area contributed by atoms with Crippen LogP contribution in [0.1, 0.15) is 15.9 Å². The summed E-state index contributed by atoms with van der Waals surface area (Å²) < 4.78 is 0.972. The lowest BCUT2D eigenvalue weighted by Crippen LogP contribution is -2.26. The summed E-state index contributed by atoms with van der Waals surface area (Å²) in [6.07, 6.45) is 2.84. The molecule has 0 aliphatic heterocycles. The van der Waals surface area contributed by atoms with Crippen molar-refractivity contribution in [3.63, 3.8) is 0 Å². The average molecular weight is 390 g/mol. The van der Waals surface area contributed by atoms with Gasteiger partial charge in [-0.15, -0.1) is 0 Å². The molecular formula is C17H15IN2O. The van der Waals surface area contributed by atoms with E-state index in [2.05, 4.69) is 45.0 Å². The first-order chi connectivity index (χ1) is 10.3. The molecule has 3 aromatic rings. The Morgan fingerprint density at radius 2 is 1.86 bits per heavy atom. The Bertz CT molecular complexity index is 779. The van der Waals surface area contributed by atoms with Gasteiger partial charge in [-0.05, 0) is 52.8 Å². The molecule has 3 rings (SSSR count). The number of carbonyl (C=O) groups is 1. The van der Waals surface area contributed by atoms with Crippen LogP contribution in [0.25, 0.3) is 10.9 Å². The molecule has 0 radical (unpaired) electrons. The van der Waals surface area contributed by atoms with Gasteiger partial charge in [-0.2, -0.15) is 0 Å². The fourth-order valence-electron chi connectivity index (χ4n) is 2.39. The molecule has 0 spiro atoms. The Labute approximate surface area is 136 Å². The van der Waals surface area contributed by atoms with Gasteiger partial charge in [-0.25, -0.2) is 0 Å². The van der Waals surface area contributed by atoms with Crippen LogP contribution in [-0.2, 0) is 6.42 Å². The van der Waals surface area contributed by atoms with Gasteiger partial charge in [0, 0.05) is 27.2 Å². The van der Waals surface area contributed by atoms with Gasteiger partial charge in [-0.3, -0.25) is 4.79 Å². The maximum absolute atomic E-state index is 12.1. The number of aromatic nitrogens is 1. The second-order valence-electron chi connectivity index (χ2n) is 4.85. The highest BCUT2D eigenvalue weighted by Gasteiger charge is 2.09. The molecule has 3 nitrogen and oxygen atoms in total. The molecule has 2 N–H and O–H groups in total. The molecule has 2 aromatic carbocycles. The summed E-state index contributed by atoms with van der Waals surface area (Å²) in [5, 5.41) is 4.21. The molecule has 0 aliphatic rings. The van der Waals surface area contributed by atoms with E-state index in [1.54, 1.807) is 0 Å². The molecule has 1 amide bonds. The Hall–Kier alpha value is -1.82. The molecule has 1 heterocycles. The fraction of sp³-hybridized carbons (Fsp3) is 0.118. The predicted molar refractivity (Wildman–Crippen MR) is 93.5 cm³/mol. The average Bonchev–Trinajstić information content (AvgIpc) is 2.91. The van der Waals surface area contributed by atoms with E-state index < -0.39 is 0 Å². The van der Waals surface area contributed by atoms with Crippen molar-refractivity contribution >= 4 is 39.4 Å². The number of benzene rings is 2. The monoisotopic (exact) mass is 390 g/mol. The van der Waals surface area contributed by atoms with Crippen LogP contribution in [0.15, 0.2) is 54.7 Å². The van der Waals surface area contributed by atoms with Crippen LogP contribution in [0.3, 0.4) is 0 Å². The molecule has 4 heteroatoms. The van der Waals surface area contributed by atoms with Crippen LogP contribution in [-0.4, -0.2) is 17.4 Å². The Kier molecular flexibility index (Phi) is 4.24. The summed E-state index contributed by atoms with van der Waals surface area (Å²) in [5.41, 5.74) is 3.10. The second-order valence-corrected chi connectivity index (χ2v) is 6.01. The third-order valence-corrected chi connectivity index (χ3v) is 4.41. The number of hydrogen-bond acceptors (Lipinski definition) is 1. The summed E-state index contributed by atoms with van der Waals surface area (Å²) in [4.78, 5) is 15.4. The highest BCUT2D eigenvalue weighted by atomic mass is 127. The lowest BCUT2D eigenvalue weighted by molar-refractivity contribution is 0.0953. The molecule has 1 aromatic heterocycles. The Balaban J connectivity index is 1.64. The minimum absolute atomic E-state index is 0.0140. The molecule has 0 aliphatic carbocycles. The van der Waals surface area contributed by atoms with Gasteiger partial charge >= 0.3 is 0 Å². The van der Waals surface area contributed by atoms with E-state index in [4.69, 9.17) is 0 Å². The largest absolute Gasteiger partial charge is 0.361 e. The van der Waals surface area contributed by atoms with E-state index in [9.17, 15) is 4.79 Å². The molecule has 21 heavy (non-hydrogen) atoms. The molecule has 0 fully saturated rings. The third-order valence-electron chi connectivity index (χ3n) is 3.47. The molecule has 0 bridgehead atoms. The second kappa shape index (κ2) is 6.30. The van der Waals surface area contributed by atoms with Gasteiger partial charge in [0.05, 0.1) is 5.56 Å². The highest BCUT2D eigenvalue weighted by Crippen LogP contribution is 2.17. The molecule has 0 unspecified atom stereocenters. The number of halogens is 1. The van der Waals surface area contributed by atoms with Crippen LogP contribution < -0.4 is 5.32 Å². The van der Waals surface area contributed by atoms with E-state index in [0.29, 0.717) is 6.54 Å². The predicted octanol–water partition coefficient (Wildman–Crippen LogP) is 3.75. The number of hydrogen-bond donors (Lipinski definition) is 2. The van der Waals surface area contributed by atoms with Crippen LogP contribution in [0.5, 0.6) is 0 Å². The van der Waals surface area contributed by atoms with E-state index in [1.807, 2.05) is 42.6 Å². The van der Waals surface area contributed by atoms with Crippen LogP contribution in [0.4, 0.5) is 0 Å². The molecule has 0 atom stereocenters. The summed E-state index contributed by atoms with van der Waals surface area (Å²) in [6, 6.07) is 15.8.